The first-order valence-electron chi connectivity index (χ1n) is 6.85. The van der Waals surface area contributed by atoms with E-state index in [1.165, 1.54) is 0 Å². The van der Waals surface area contributed by atoms with Gasteiger partial charge in [-0.2, -0.15) is 5.10 Å². The summed E-state index contributed by atoms with van der Waals surface area (Å²) < 4.78 is 6.96. The first kappa shape index (κ1) is 15.3. The molecule has 0 radical (unpaired) electrons. The van der Waals surface area contributed by atoms with Gasteiger partial charge in [-0.15, -0.1) is 0 Å². The molecule has 1 saturated heterocycles. The Morgan fingerprint density at radius 2 is 2.38 bits per heavy atom. The Balaban J connectivity index is 1.70. The number of aryl methyl sites for hydroxylation is 1. The fraction of sp³-hybridized carbons (Fsp3) is 0.615. The molecule has 8 nitrogen and oxygen atoms in total. The van der Waals surface area contributed by atoms with Crippen LogP contribution in [-0.2, 0) is 16.1 Å². The Morgan fingerprint density at radius 1 is 1.57 bits per heavy atom. The molecule has 2 amide bonds. The van der Waals surface area contributed by atoms with Gasteiger partial charge in [0.25, 0.3) is 0 Å². The van der Waals surface area contributed by atoms with Crippen LogP contribution in [0.2, 0.25) is 0 Å². The molecule has 0 spiro atoms. The molecule has 2 heterocycles. The van der Waals surface area contributed by atoms with E-state index in [4.69, 9.17) is 4.74 Å². The minimum absolute atomic E-state index is 0.104. The molecule has 21 heavy (non-hydrogen) atoms. The lowest BCUT2D eigenvalue weighted by Gasteiger charge is -2.25. The SMILES string of the molecule is CC1(C(=O)O)COCC1NC(=O)NCCCn1cccn1. The second-order valence-electron chi connectivity index (χ2n) is 5.31. The van der Waals surface area contributed by atoms with E-state index in [2.05, 4.69) is 15.7 Å². The standard InChI is InChI=1S/C13H20N4O4/c1-13(11(18)19)9-21-8-10(13)16-12(20)14-4-2-6-17-7-3-5-15-17/h3,5,7,10H,2,4,6,8-9H2,1H3,(H,18,19)(H2,14,16,20). The number of aliphatic carboxylic acids is 1. The monoisotopic (exact) mass is 296 g/mol. The fourth-order valence-corrected chi connectivity index (χ4v) is 2.17. The average Bonchev–Trinajstić information content (AvgIpc) is 3.06. The molecule has 0 aliphatic carbocycles. The highest BCUT2D eigenvalue weighted by molar-refractivity contribution is 5.79. The summed E-state index contributed by atoms with van der Waals surface area (Å²) in [5.41, 5.74) is -1.08. The van der Waals surface area contributed by atoms with E-state index in [0.29, 0.717) is 13.1 Å². The lowest BCUT2D eigenvalue weighted by atomic mass is 9.85. The van der Waals surface area contributed by atoms with Gasteiger partial charge in [0.2, 0.25) is 0 Å². The number of rotatable bonds is 6. The van der Waals surface area contributed by atoms with Gasteiger partial charge in [0.05, 0.1) is 19.3 Å². The van der Waals surface area contributed by atoms with Crippen LogP contribution in [0.1, 0.15) is 13.3 Å². The number of ether oxygens (including phenoxy) is 1. The molecule has 8 heteroatoms. The van der Waals surface area contributed by atoms with E-state index in [0.717, 1.165) is 6.42 Å². The van der Waals surface area contributed by atoms with Crippen LogP contribution in [0.25, 0.3) is 0 Å². The number of hydrogen-bond donors (Lipinski definition) is 3. The van der Waals surface area contributed by atoms with Gasteiger partial charge >= 0.3 is 12.0 Å². The van der Waals surface area contributed by atoms with Crippen molar-refractivity contribution in [1.82, 2.24) is 20.4 Å². The predicted molar refractivity (Wildman–Crippen MR) is 73.7 cm³/mol. The number of carbonyl (C=O) groups is 2. The minimum atomic E-state index is -1.08. The van der Waals surface area contributed by atoms with Gasteiger partial charge in [0.15, 0.2) is 0 Å². The summed E-state index contributed by atoms with van der Waals surface area (Å²) in [6.07, 6.45) is 4.30. The predicted octanol–water partition coefficient (Wildman–Crippen LogP) is 0.0621. The molecule has 1 aliphatic rings. The topological polar surface area (TPSA) is 105 Å². The van der Waals surface area contributed by atoms with Crippen LogP contribution in [0.3, 0.4) is 0 Å². The summed E-state index contributed by atoms with van der Waals surface area (Å²) in [4.78, 5) is 23.0. The minimum Gasteiger partial charge on any atom is -0.481 e. The Bertz CT molecular complexity index is 490. The highest BCUT2D eigenvalue weighted by Gasteiger charge is 2.47. The number of carboxylic acids is 1. The second kappa shape index (κ2) is 6.57. The molecule has 1 aromatic heterocycles. The highest BCUT2D eigenvalue weighted by Crippen LogP contribution is 2.28. The summed E-state index contributed by atoms with van der Waals surface area (Å²) in [5.74, 6) is -0.969. The van der Waals surface area contributed by atoms with Crippen LogP contribution in [0.15, 0.2) is 18.5 Å². The molecule has 116 valence electrons. The lowest BCUT2D eigenvalue weighted by molar-refractivity contribution is -0.148. The van der Waals surface area contributed by atoms with E-state index in [1.807, 2.05) is 12.3 Å². The molecule has 1 aliphatic heterocycles. The molecule has 2 rings (SSSR count). The summed E-state index contributed by atoms with van der Waals surface area (Å²) in [7, 11) is 0. The first-order chi connectivity index (χ1) is 10.0. The van der Waals surface area contributed by atoms with Crippen LogP contribution in [-0.4, -0.2) is 52.7 Å². The summed E-state index contributed by atoms with van der Waals surface area (Å²) in [5, 5.41) is 18.7. The lowest BCUT2D eigenvalue weighted by Crippen LogP contribution is -2.52. The van der Waals surface area contributed by atoms with Crippen molar-refractivity contribution in [3.63, 3.8) is 0 Å². The Kier molecular flexibility index (Phi) is 4.79. The third kappa shape index (κ3) is 3.72. The molecule has 0 saturated carbocycles. The number of carbonyl (C=O) groups excluding carboxylic acids is 1. The number of nitrogens with one attached hydrogen (secondary N) is 2. The number of amides is 2. The van der Waals surface area contributed by atoms with Crippen molar-refractivity contribution in [2.45, 2.75) is 25.9 Å². The van der Waals surface area contributed by atoms with Crippen LogP contribution in [0.4, 0.5) is 4.79 Å². The van der Waals surface area contributed by atoms with E-state index in [9.17, 15) is 14.7 Å². The largest absolute Gasteiger partial charge is 0.481 e. The van der Waals surface area contributed by atoms with Gasteiger partial charge in [-0.3, -0.25) is 9.48 Å². The Labute approximate surface area is 122 Å². The Hall–Kier alpha value is -2.09. The first-order valence-corrected chi connectivity index (χ1v) is 6.85. The molecule has 1 fully saturated rings. The van der Waals surface area contributed by atoms with Gasteiger partial charge in [-0.25, -0.2) is 4.79 Å². The molecular weight excluding hydrogens is 276 g/mol. The van der Waals surface area contributed by atoms with Crippen molar-refractivity contribution < 1.29 is 19.4 Å². The number of hydrogen-bond acceptors (Lipinski definition) is 4. The maximum absolute atomic E-state index is 11.8. The number of aromatic nitrogens is 2. The van der Waals surface area contributed by atoms with Crippen molar-refractivity contribution in [3.05, 3.63) is 18.5 Å². The molecule has 0 aromatic carbocycles. The van der Waals surface area contributed by atoms with Crippen LogP contribution in [0.5, 0.6) is 0 Å². The van der Waals surface area contributed by atoms with Crippen LogP contribution >= 0.6 is 0 Å². The molecule has 1 aromatic rings. The maximum Gasteiger partial charge on any atom is 0.315 e. The second-order valence-corrected chi connectivity index (χ2v) is 5.31. The van der Waals surface area contributed by atoms with E-state index in [-0.39, 0.29) is 19.2 Å². The van der Waals surface area contributed by atoms with Crippen molar-refractivity contribution in [3.8, 4) is 0 Å². The highest BCUT2D eigenvalue weighted by atomic mass is 16.5. The van der Waals surface area contributed by atoms with Gasteiger partial charge in [-0.05, 0) is 19.4 Å². The van der Waals surface area contributed by atoms with Crippen LogP contribution in [0, 0.1) is 5.41 Å². The van der Waals surface area contributed by atoms with Gasteiger partial charge in [-0.1, -0.05) is 0 Å². The molecule has 3 N–H and O–H groups in total. The number of carboxylic acid groups (broad SMARTS) is 1. The third-order valence-electron chi connectivity index (χ3n) is 3.66. The normalized spacial score (nSPS) is 24.7. The van der Waals surface area contributed by atoms with Gasteiger partial charge in [0, 0.05) is 25.5 Å². The summed E-state index contributed by atoms with van der Waals surface area (Å²) in [6.45, 7) is 3.09. The zero-order valence-electron chi connectivity index (χ0n) is 11.9. The smallest absolute Gasteiger partial charge is 0.315 e. The van der Waals surface area contributed by atoms with Crippen LogP contribution < -0.4 is 10.6 Å². The van der Waals surface area contributed by atoms with Gasteiger partial charge < -0.3 is 20.5 Å². The van der Waals surface area contributed by atoms with Crippen molar-refractivity contribution in [2.24, 2.45) is 5.41 Å². The number of urea groups is 1. The average molecular weight is 296 g/mol. The summed E-state index contributed by atoms with van der Waals surface area (Å²) in [6, 6.07) is 0.937. The fourth-order valence-electron chi connectivity index (χ4n) is 2.17. The van der Waals surface area contributed by atoms with Gasteiger partial charge in [0.1, 0.15) is 5.41 Å². The van der Waals surface area contributed by atoms with Crippen molar-refractivity contribution in [1.29, 1.82) is 0 Å². The van der Waals surface area contributed by atoms with E-state index in [1.54, 1.807) is 17.8 Å². The maximum atomic E-state index is 11.8. The van der Waals surface area contributed by atoms with E-state index >= 15 is 0 Å². The van der Waals surface area contributed by atoms with E-state index < -0.39 is 17.4 Å². The Morgan fingerprint density at radius 3 is 3.05 bits per heavy atom. The third-order valence-corrected chi connectivity index (χ3v) is 3.66. The molecule has 2 atom stereocenters. The molecular formula is C13H20N4O4. The van der Waals surface area contributed by atoms with Crippen molar-refractivity contribution in [2.75, 3.05) is 19.8 Å². The zero-order chi connectivity index (χ0) is 15.3. The molecule has 0 bridgehead atoms. The quantitative estimate of drug-likeness (QED) is 0.644. The zero-order valence-corrected chi connectivity index (χ0v) is 11.9. The summed E-state index contributed by atoms with van der Waals surface area (Å²) >= 11 is 0. The van der Waals surface area contributed by atoms with Crippen molar-refractivity contribution >= 4 is 12.0 Å². The molecule has 2 unspecified atom stereocenters. The number of nitrogens with zero attached hydrogens (tertiary/aromatic N) is 2.